The summed E-state index contributed by atoms with van der Waals surface area (Å²) in [5.74, 6) is -0.605. The predicted octanol–water partition coefficient (Wildman–Crippen LogP) is 3.55. The number of benzene rings is 2. The minimum absolute atomic E-state index is 0.0769. The Morgan fingerprint density at radius 2 is 1.76 bits per heavy atom. The lowest BCUT2D eigenvalue weighted by molar-refractivity contribution is 0.102. The van der Waals surface area contributed by atoms with E-state index in [9.17, 15) is 17.6 Å². The lowest BCUT2D eigenvalue weighted by Crippen LogP contribution is -2.49. The van der Waals surface area contributed by atoms with E-state index in [4.69, 9.17) is 0 Å². The summed E-state index contributed by atoms with van der Waals surface area (Å²) in [6.45, 7) is 3.23. The molecule has 1 aliphatic heterocycles. The average molecular weight is 469 g/mol. The van der Waals surface area contributed by atoms with Gasteiger partial charge in [-0.25, -0.2) is 17.8 Å². The highest BCUT2D eigenvalue weighted by molar-refractivity contribution is 7.89. The van der Waals surface area contributed by atoms with Crippen LogP contribution >= 0.6 is 0 Å². The van der Waals surface area contributed by atoms with Crippen LogP contribution in [-0.4, -0.2) is 49.8 Å². The molecule has 1 aromatic heterocycles. The molecular weight excluding hydrogens is 443 g/mol. The number of piperazine rings is 1. The number of aromatic nitrogens is 1. The number of para-hydroxylation sites is 1. The second-order valence-electron chi connectivity index (χ2n) is 7.69. The van der Waals surface area contributed by atoms with Crippen molar-refractivity contribution >= 4 is 27.4 Å². The van der Waals surface area contributed by atoms with Crippen LogP contribution in [-0.2, 0) is 16.4 Å². The summed E-state index contributed by atoms with van der Waals surface area (Å²) in [7, 11) is -4.11. The van der Waals surface area contributed by atoms with Crippen LogP contribution in [0.2, 0.25) is 0 Å². The first-order valence-electron chi connectivity index (χ1n) is 10.7. The molecule has 33 heavy (non-hydrogen) atoms. The summed E-state index contributed by atoms with van der Waals surface area (Å²) in [5, 5.41) is 2.80. The molecule has 3 aromatic rings. The monoisotopic (exact) mass is 468 g/mol. The molecule has 1 saturated heterocycles. The molecule has 2 heterocycles. The van der Waals surface area contributed by atoms with Gasteiger partial charge < -0.3 is 10.2 Å². The molecule has 7 nitrogen and oxygen atoms in total. The normalized spacial score (nSPS) is 14.8. The van der Waals surface area contributed by atoms with E-state index in [1.54, 1.807) is 18.3 Å². The summed E-state index contributed by atoms with van der Waals surface area (Å²) in [6, 6.07) is 16.3. The Balaban J connectivity index is 1.52. The zero-order valence-electron chi connectivity index (χ0n) is 18.2. The Labute approximate surface area is 192 Å². The van der Waals surface area contributed by atoms with Crippen molar-refractivity contribution in [3.05, 3.63) is 83.8 Å². The molecular formula is C24H25FN4O3S. The number of amides is 1. The second-order valence-corrected chi connectivity index (χ2v) is 9.60. The summed E-state index contributed by atoms with van der Waals surface area (Å²) in [5.41, 5.74) is 1.67. The summed E-state index contributed by atoms with van der Waals surface area (Å²) < 4.78 is 42.3. The highest BCUT2D eigenvalue weighted by Crippen LogP contribution is 2.24. The van der Waals surface area contributed by atoms with Crippen molar-refractivity contribution in [1.29, 1.82) is 0 Å². The van der Waals surface area contributed by atoms with Crippen molar-refractivity contribution in [2.45, 2.75) is 18.2 Å². The largest absolute Gasteiger partial charge is 0.354 e. The van der Waals surface area contributed by atoms with Crippen LogP contribution in [0.15, 0.2) is 71.8 Å². The molecule has 2 aromatic carbocycles. The standard InChI is InChI=1S/C24H25FN4O3S/c1-2-18-7-3-4-8-21(18)27-24(30)19-10-11-20(25)22(17-19)33(31,32)29-15-13-28(14-16-29)23-9-5-6-12-26-23/h3-12,17H,2,13-16H2,1H3,(H,27,30). The highest BCUT2D eigenvalue weighted by Gasteiger charge is 2.31. The van der Waals surface area contributed by atoms with Crippen molar-refractivity contribution in [3.63, 3.8) is 0 Å². The van der Waals surface area contributed by atoms with E-state index in [1.165, 1.54) is 10.4 Å². The Morgan fingerprint density at radius 3 is 2.45 bits per heavy atom. The van der Waals surface area contributed by atoms with E-state index in [0.717, 1.165) is 29.9 Å². The van der Waals surface area contributed by atoms with E-state index in [2.05, 4.69) is 10.3 Å². The molecule has 0 unspecified atom stereocenters. The number of anilines is 2. The van der Waals surface area contributed by atoms with Gasteiger partial charge in [-0.1, -0.05) is 31.2 Å². The SMILES string of the molecule is CCc1ccccc1NC(=O)c1ccc(F)c(S(=O)(=O)N2CCN(c3ccccn3)CC2)c1. The van der Waals surface area contributed by atoms with Crippen molar-refractivity contribution in [3.8, 4) is 0 Å². The quantitative estimate of drug-likeness (QED) is 0.598. The molecule has 1 amide bonds. The molecule has 0 saturated carbocycles. The van der Waals surface area contributed by atoms with Crippen LogP contribution in [0.5, 0.6) is 0 Å². The van der Waals surface area contributed by atoms with E-state index in [1.807, 2.05) is 42.2 Å². The van der Waals surface area contributed by atoms with Gasteiger partial charge in [-0.05, 0) is 48.4 Å². The van der Waals surface area contributed by atoms with Crippen LogP contribution in [0.4, 0.5) is 15.9 Å². The van der Waals surface area contributed by atoms with Gasteiger partial charge in [0.15, 0.2) is 0 Å². The predicted molar refractivity (Wildman–Crippen MR) is 125 cm³/mol. The topological polar surface area (TPSA) is 82.6 Å². The molecule has 9 heteroatoms. The van der Waals surface area contributed by atoms with Crippen LogP contribution in [0.25, 0.3) is 0 Å². The molecule has 1 N–H and O–H groups in total. The zero-order valence-corrected chi connectivity index (χ0v) is 19.1. The smallest absolute Gasteiger partial charge is 0.255 e. The van der Waals surface area contributed by atoms with E-state index >= 15 is 0 Å². The first-order chi connectivity index (χ1) is 15.9. The third-order valence-electron chi connectivity index (χ3n) is 5.67. The van der Waals surface area contributed by atoms with Crippen molar-refractivity contribution in [1.82, 2.24) is 9.29 Å². The number of carbonyl (C=O) groups is 1. The molecule has 4 rings (SSSR count). The lowest BCUT2D eigenvalue weighted by Gasteiger charge is -2.34. The molecule has 0 aliphatic carbocycles. The van der Waals surface area contributed by atoms with Crippen molar-refractivity contribution < 1.29 is 17.6 Å². The maximum atomic E-state index is 14.6. The van der Waals surface area contributed by atoms with Crippen LogP contribution in [0, 0.1) is 5.82 Å². The number of carbonyl (C=O) groups excluding carboxylic acids is 1. The first-order valence-corrected chi connectivity index (χ1v) is 12.2. The fourth-order valence-electron chi connectivity index (χ4n) is 3.82. The number of hydrogen-bond donors (Lipinski definition) is 1. The minimum Gasteiger partial charge on any atom is -0.354 e. The lowest BCUT2D eigenvalue weighted by atomic mass is 10.1. The molecule has 0 atom stereocenters. The number of aryl methyl sites for hydroxylation is 1. The number of pyridine rings is 1. The van der Waals surface area contributed by atoms with Gasteiger partial charge >= 0.3 is 0 Å². The molecule has 0 spiro atoms. The molecule has 0 bridgehead atoms. The van der Waals surface area contributed by atoms with Gasteiger partial charge in [0, 0.05) is 43.6 Å². The van der Waals surface area contributed by atoms with Crippen LogP contribution in [0.3, 0.4) is 0 Å². The van der Waals surface area contributed by atoms with E-state index in [-0.39, 0.29) is 18.7 Å². The van der Waals surface area contributed by atoms with Crippen molar-refractivity contribution in [2.75, 3.05) is 36.4 Å². The fourth-order valence-corrected chi connectivity index (χ4v) is 5.34. The first kappa shape index (κ1) is 22.9. The average Bonchev–Trinajstić information content (AvgIpc) is 2.85. The van der Waals surface area contributed by atoms with Gasteiger partial charge in [-0.15, -0.1) is 0 Å². The third-order valence-corrected chi connectivity index (χ3v) is 7.58. The summed E-state index contributed by atoms with van der Waals surface area (Å²) in [6.07, 6.45) is 2.41. The molecule has 1 fully saturated rings. The Bertz CT molecular complexity index is 1240. The fraction of sp³-hybridized carbons (Fsp3) is 0.250. The zero-order chi connectivity index (χ0) is 23.4. The number of sulfonamides is 1. The molecule has 0 radical (unpaired) electrons. The Morgan fingerprint density at radius 1 is 1.03 bits per heavy atom. The van der Waals surface area contributed by atoms with Gasteiger partial charge in [0.05, 0.1) is 0 Å². The minimum atomic E-state index is -4.11. The number of nitrogens with zero attached hydrogens (tertiary/aromatic N) is 3. The number of nitrogens with one attached hydrogen (secondary N) is 1. The molecule has 172 valence electrons. The number of halogens is 1. The number of hydrogen-bond acceptors (Lipinski definition) is 5. The van der Waals surface area contributed by atoms with E-state index < -0.39 is 26.6 Å². The van der Waals surface area contributed by atoms with Gasteiger partial charge in [-0.3, -0.25) is 4.79 Å². The Kier molecular flexibility index (Phi) is 6.71. The highest BCUT2D eigenvalue weighted by atomic mass is 32.2. The van der Waals surface area contributed by atoms with E-state index in [0.29, 0.717) is 18.8 Å². The summed E-state index contributed by atoms with van der Waals surface area (Å²) >= 11 is 0. The van der Waals surface area contributed by atoms with Crippen LogP contribution < -0.4 is 10.2 Å². The Hall–Kier alpha value is -3.30. The maximum absolute atomic E-state index is 14.6. The van der Waals surface area contributed by atoms with Gasteiger partial charge in [0.2, 0.25) is 10.0 Å². The van der Waals surface area contributed by atoms with Crippen molar-refractivity contribution in [2.24, 2.45) is 0 Å². The van der Waals surface area contributed by atoms with Gasteiger partial charge in [0.1, 0.15) is 16.5 Å². The third kappa shape index (κ3) is 4.89. The maximum Gasteiger partial charge on any atom is 0.255 e. The number of rotatable bonds is 6. The van der Waals surface area contributed by atoms with Gasteiger partial charge in [-0.2, -0.15) is 4.31 Å². The second kappa shape index (κ2) is 9.68. The molecule has 1 aliphatic rings. The van der Waals surface area contributed by atoms with Crippen LogP contribution in [0.1, 0.15) is 22.8 Å². The summed E-state index contributed by atoms with van der Waals surface area (Å²) in [4.78, 5) is 18.6. The van der Waals surface area contributed by atoms with Gasteiger partial charge in [0.25, 0.3) is 5.91 Å².